The van der Waals surface area contributed by atoms with Crippen LogP contribution in [0.3, 0.4) is 0 Å². The Balaban J connectivity index is 2.77. The Hall–Kier alpha value is -1.05. The third-order valence-corrected chi connectivity index (χ3v) is 2.58. The van der Waals surface area contributed by atoms with Crippen molar-refractivity contribution in [2.75, 3.05) is 0 Å². The van der Waals surface area contributed by atoms with E-state index in [1.165, 1.54) is 18.4 Å². The summed E-state index contributed by atoms with van der Waals surface area (Å²) in [7, 11) is 0. The molecule has 14 heavy (non-hydrogen) atoms. The van der Waals surface area contributed by atoms with Gasteiger partial charge >= 0.3 is 0 Å². The molecular formula is C12H19NO. The van der Waals surface area contributed by atoms with Crippen molar-refractivity contribution < 1.29 is 5.11 Å². The normalized spacial score (nSPS) is 12.8. The van der Waals surface area contributed by atoms with Crippen LogP contribution in [-0.2, 0) is 0 Å². The van der Waals surface area contributed by atoms with Gasteiger partial charge in [0.15, 0.2) is 0 Å². The van der Waals surface area contributed by atoms with Crippen molar-refractivity contribution >= 4 is 0 Å². The summed E-state index contributed by atoms with van der Waals surface area (Å²) >= 11 is 0. The predicted octanol–water partition coefficient (Wildman–Crippen LogP) is 3.39. The highest BCUT2D eigenvalue weighted by Crippen LogP contribution is 2.24. The minimum atomic E-state index is 0.133. The number of aryl methyl sites for hydroxylation is 1. The zero-order valence-corrected chi connectivity index (χ0v) is 9.25. The monoisotopic (exact) mass is 193 g/mol. The molecule has 2 nitrogen and oxygen atoms in total. The van der Waals surface area contributed by atoms with Crippen LogP contribution < -0.4 is 0 Å². The molecule has 0 radical (unpaired) electrons. The lowest BCUT2D eigenvalue weighted by Gasteiger charge is -2.12. The van der Waals surface area contributed by atoms with E-state index in [0.29, 0.717) is 5.92 Å². The maximum atomic E-state index is 9.30. The second-order valence-corrected chi connectivity index (χ2v) is 3.91. The summed E-state index contributed by atoms with van der Waals surface area (Å²) in [5, 5.41) is 9.30. The summed E-state index contributed by atoms with van der Waals surface area (Å²) in [6.45, 7) is 6.41. The van der Waals surface area contributed by atoms with Crippen LogP contribution in [0.25, 0.3) is 0 Å². The van der Waals surface area contributed by atoms with E-state index in [0.717, 1.165) is 12.1 Å². The molecule has 1 N–H and O–H groups in total. The molecule has 0 aromatic carbocycles. The largest absolute Gasteiger partial charge is 0.493 e. The molecule has 0 aliphatic rings. The molecule has 1 rings (SSSR count). The summed E-state index contributed by atoms with van der Waals surface area (Å²) in [5.74, 6) is 0.580. The second-order valence-electron chi connectivity index (χ2n) is 3.91. The Kier molecular flexibility index (Phi) is 3.93. The Labute approximate surface area is 86.0 Å². The van der Waals surface area contributed by atoms with Crippen LogP contribution in [0, 0.1) is 6.92 Å². The predicted molar refractivity (Wildman–Crippen MR) is 58.6 cm³/mol. The van der Waals surface area contributed by atoms with E-state index in [9.17, 15) is 5.11 Å². The van der Waals surface area contributed by atoms with Gasteiger partial charge in [0.25, 0.3) is 0 Å². The first-order valence-electron chi connectivity index (χ1n) is 5.31. The zero-order valence-electron chi connectivity index (χ0n) is 9.25. The highest BCUT2D eigenvalue weighted by atomic mass is 16.3. The molecule has 0 amide bonds. The molecular weight excluding hydrogens is 174 g/mol. The van der Waals surface area contributed by atoms with Crippen molar-refractivity contribution in [1.29, 1.82) is 0 Å². The van der Waals surface area contributed by atoms with Gasteiger partial charge in [-0.15, -0.1) is 0 Å². The molecule has 0 fully saturated rings. The molecule has 0 spiro atoms. The Morgan fingerprint density at radius 2 is 2.14 bits per heavy atom. The molecule has 0 bridgehead atoms. The molecule has 1 atom stereocenters. The van der Waals surface area contributed by atoms with Gasteiger partial charge in [-0.05, 0) is 24.8 Å². The molecule has 0 saturated heterocycles. The van der Waals surface area contributed by atoms with Crippen LogP contribution in [-0.4, -0.2) is 10.1 Å². The fourth-order valence-electron chi connectivity index (χ4n) is 1.68. The van der Waals surface area contributed by atoms with E-state index in [1.807, 2.05) is 13.0 Å². The van der Waals surface area contributed by atoms with Crippen LogP contribution in [0.2, 0.25) is 0 Å². The van der Waals surface area contributed by atoms with Gasteiger partial charge in [-0.3, -0.25) is 0 Å². The topological polar surface area (TPSA) is 33.1 Å². The van der Waals surface area contributed by atoms with Crippen LogP contribution >= 0.6 is 0 Å². The van der Waals surface area contributed by atoms with E-state index in [-0.39, 0.29) is 5.88 Å². The van der Waals surface area contributed by atoms with Gasteiger partial charge in [0.05, 0.1) is 5.69 Å². The lowest BCUT2D eigenvalue weighted by molar-refractivity contribution is 0.447. The van der Waals surface area contributed by atoms with Crippen LogP contribution in [0.1, 0.15) is 50.3 Å². The number of nitrogens with zero attached hydrogens (tertiary/aromatic N) is 1. The molecule has 0 aliphatic heterocycles. The Morgan fingerprint density at radius 3 is 2.79 bits per heavy atom. The average molecular weight is 193 g/mol. The van der Waals surface area contributed by atoms with Crippen molar-refractivity contribution in [2.45, 2.75) is 46.0 Å². The highest BCUT2D eigenvalue weighted by Gasteiger charge is 2.10. The summed E-state index contributed by atoms with van der Waals surface area (Å²) in [6.07, 6.45) is 3.58. The molecule has 0 saturated carbocycles. The van der Waals surface area contributed by atoms with E-state index in [2.05, 4.69) is 18.8 Å². The minimum Gasteiger partial charge on any atom is -0.493 e. The number of aromatic nitrogens is 1. The molecule has 1 unspecified atom stereocenters. The number of rotatable bonds is 4. The van der Waals surface area contributed by atoms with Crippen LogP contribution in [0.4, 0.5) is 0 Å². The maximum Gasteiger partial charge on any atom is 0.210 e. The molecule has 0 aliphatic carbocycles. The first kappa shape index (κ1) is 11.0. The van der Waals surface area contributed by atoms with Crippen LogP contribution in [0.5, 0.6) is 5.88 Å². The maximum absolute atomic E-state index is 9.30. The van der Waals surface area contributed by atoms with Crippen molar-refractivity contribution in [2.24, 2.45) is 0 Å². The smallest absolute Gasteiger partial charge is 0.210 e. The SMILES string of the molecule is CCCCC(C)c1nc(O)ccc1C. The van der Waals surface area contributed by atoms with Gasteiger partial charge in [0, 0.05) is 6.07 Å². The van der Waals surface area contributed by atoms with Gasteiger partial charge in [-0.25, -0.2) is 4.98 Å². The second kappa shape index (κ2) is 4.99. The van der Waals surface area contributed by atoms with E-state index in [4.69, 9.17) is 0 Å². The van der Waals surface area contributed by atoms with E-state index in [1.54, 1.807) is 6.07 Å². The lowest BCUT2D eigenvalue weighted by atomic mass is 9.97. The number of hydrogen-bond donors (Lipinski definition) is 1. The highest BCUT2D eigenvalue weighted by molar-refractivity contribution is 5.26. The standard InChI is InChI=1S/C12H19NO/c1-4-5-6-9(2)12-10(3)7-8-11(14)13-12/h7-9H,4-6H2,1-3H3,(H,13,14). The van der Waals surface area contributed by atoms with Crippen molar-refractivity contribution in [3.63, 3.8) is 0 Å². The van der Waals surface area contributed by atoms with Gasteiger partial charge in [0.2, 0.25) is 5.88 Å². The summed E-state index contributed by atoms with van der Waals surface area (Å²) in [6, 6.07) is 3.57. The minimum absolute atomic E-state index is 0.133. The fourth-order valence-corrected chi connectivity index (χ4v) is 1.68. The fraction of sp³-hybridized carbons (Fsp3) is 0.583. The molecule has 78 valence electrons. The molecule has 1 aromatic heterocycles. The van der Waals surface area contributed by atoms with Crippen molar-refractivity contribution in [3.8, 4) is 5.88 Å². The lowest BCUT2D eigenvalue weighted by Crippen LogP contribution is -2.00. The first-order valence-corrected chi connectivity index (χ1v) is 5.31. The number of unbranched alkanes of at least 4 members (excludes halogenated alkanes) is 1. The molecule has 1 heterocycles. The average Bonchev–Trinajstić information content (AvgIpc) is 2.18. The third kappa shape index (κ3) is 2.72. The van der Waals surface area contributed by atoms with Crippen LogP contribution in [0.15, 0.2) is 12.1 Å². The van der Waals surface area contributed by atoms with E-state index >= 15 is 0 Å². The third-order valence-electron chi connectivity index (χ3n) is 2.58. The Morgan fingerprint density at radius 1 is 1.43 bits per heavy atom. The molecule has 1 aromatic rings. The zero-order chi connectivity index (χ0) is 10.6. The summed E-state index contributed by atoms with van der Waals surface area (Å²) in [4.78, 5) is 4.18. The van der Waals surface area contributed by atoms with Gasteiger partial charge < -0.3 is 5.11 Å². The Bertz CT molecular complexity index is 296. The summed E-state index contributed by atoms with van der Waals surface area (Å²) in [5.41, 5.74) is 2.21. The van der Waals surface area contributed by atoms with Crippen molar-refractivity contribution in [3.05, 3.63) is 23.4 Å². The number of hydrogen-bond acceptors (Lipinski definition) is 2. The van der Waals surface area contributed by atoms with E-state index < -0.39 is 0 Å². The van der Waals surface area contributed by atoms with Gasteiger partial charge in [-0.1, -0.05) is 32.8 Å². The quantitative estimate of drug-likeness (QED) is 0.795. The van der Waals surface area contributed by atoms with Crippen molar-refractivity contribution in [1.82, 2.24) is 4.98 Å². The first-order chi connectivity index (χ1) is 6.65. The molecule has 2 heteroatoms. The van der Waals surface area contributed by atoms with Gasteiger partial charge in [-0.2, -0.15) is 0 Å². The van der Waals surface area contributed by atoms with Gasteiger partial charge in [0.1, 0.15) is 0 Å². The number of aromatic hydroxyl groups is 1. The summed E-state index contributed by atoms with van der Waals surface area (Å²) < 4.78 is 0. The number of pyridine rings is 1.